The molecule has 5 nitrogen and oxygen atoms in total. The Morgan fingerprint density at radius 2 is 2.00 bits per heavy atom. The summed E-state index contributed by atoms with van der Waals surface area (Å²) in [7, 11) is 0. The molecule has 0 spiro atoms. The van der Waals surface area contributed by atoms with E-state index in [4.69, 9.17) is 16.3 Å². The highest BCUT2D eigenvalue weighted by atomic mass is 35.5. The number of benzene rings is 1. The van der Waals surface area contributed by atoms with Crippen LogP contribution < -0.4 is 5.43 Å². The molecule has 2 aromatic heterocycles. The Labute approximate surface area is 166 Å². The lowest BCUT2D eigenvalue weighted by Gasteiger charge is -2.17. The molecule has 0 aliphatic rings. The van der Waals surface area contributed by atoms with Crippen LogP contribution in [0.25, 0.3) is 27.5 Å². The average Bonchev–Trinajstić information content (AvgIpc) is 2.64. The van der Waals surface area contributed by atoms with E-state index < -0.39 is 5.97 Å². The van der Waals surface area contributed by atoms with Crippen molar-refractivity contribution in [3.8, 4) is 0 Å². The van der Waals surface area contributed by atoms with Gasteiger partial charge in [-0.05, 0) is 49.9 Å². The fraction of sp³-hybridized carbons (Fsp3) is 0.250. The smallest absolute Gasteiger partial charge is 0.326 e. The van der Waals surface area contributed by atoms with Gasteiger partial charge in [-0.15, -0.1) is 11.8 Å². The highest BCUT2D eigenvalue weighted by molar-refractivity contribution is 7.99. The molecule has 0 unspecified atom stereocenters. The number of hydrogen-bond donors (Lipinski definition) is 0. The van der Waals surface area contributed by atoms with Crippen molar-refractivity contribution in [2.75, 3.05) is 12.9 Å². The Kier molecular flexibility index (Phi) is 5.58. The summed E-state index contributed by atoms with van der Waals surface area (Å²) in [5.41, 5.74) is 2.29. The summed E-state index contributed by atoms with van der Waals surface area (Å²) in [5.74, 6) is -0.404. The van der Waals surface area contributed by atoms with Crippen LogP contribution in [0.4, 0.5) is 0 Å². The molecule has 0 saturated carbocycles. The van der Waals surface area contributed by atoms with Crippen LogP contribution in [0.2, 0.25) is 5.02 Å². The summed E-state index contributed by atoms with van der Waals surface area (Å²) >= 11 is 7.79. The monoisotopic (exact) mass is 402 g/mol. The predicted octanol–water partition coefficient (Wildman–Crippen LogP) is 4.52. The van der Waals surface area contributed by atoms with Gasteiger partial charge in [0.25, 0.3) is 0 Å². The molecule has 0 saturated heterocycles. The first-order valence-electron chi connectivity index (χ1n) is 8.40. The number of nitrogens with zero attached hydrogens (tertiary/aromatic N) is 2. The summed E-state index contributed by atoms with van der Waals surface area (Å²) in [4.78, 5) is 30.7. The van der Waals surface area contributed by atoms with E-state index in [0.29, 0.717) is 32.7 Å². The third-order valence-electron chi connectivity index (χ3n) is 4.21. The minimum Gasteiger partial charge on any atom is -0.465 e. The molecule has 0 bridgehead atoms. The van der Waals surface area contributed by atoms with Crippen molar-refractivity contribution in [2.24, 2.45) is 0 Å². The van der Waals surface area contributed by atoms with Crippen LogP contribution in [0.5, 0.6) is 0 Å². The molecule has 1 aromatic carbocycles. The molecule has 0 aliphatic heterocycles. The molecule has 3 aromatic rings. The van der Waals surface area contributed by atoms with Crippen LogP contribution in [0.3, 0.4) is 0 Å². The second-order valence-electron chi connectivity index (χ2n) is 6.05. The van der Waals surface area contributed by atoms with Gasteiger partial charge in [-0.1, -0.05) is 18.2 Å². The maximum atomic E-state index is 13.1. The Balaban J connectivity index is 2.51. The number of carbonyl (C=O) groups excluding carboxylic acids is 1. The topological polar surface area (TPSA) is 61.2 Å². The van der Waals surface area contributed by atoms with Gasteiger partial charge in [-0.2, -0.15) is 0 Å². The van der Waals surface area contributed by atoms with E-state index in [1.54, 1.807) is 35.8 Å². The summed E-state index contributed by atoms with van der Waals surface area (Å²) in [6.07, 6.45) is 1.88. The summed E-state index contributed by atoms with van der Waals surface area (Å²) in [5, 5.41) is 1.44. The Bertz CT molecular complexity index is 1140. The van der Waals surface area contributed by atoms with Gasteiger partial charge in [0.2, 0.25) is 0 Å². The first-order valence-corrected chi connectivity index (χ1v) is 10.0. The number of hydrogen-bond acceptors (Lipinski definition) is 5. The second kappa shape index (κ2) is 7.74. The number of aromatic nitrogens is 2. The van der Waals surface area contributed by atoms with Crippen LogP contribution in [0.15, 0.2) is 40.5 Å². The molecule has 3 rings (SSSR count). The molecular formula is C20H19ClN2O3S. The zero-order valence-corrected chi connectivity index (χ0v) is 16.9. The number of thioether (sulfide) groups is 1. The fourth-order valence-electron chi connectivity index (χ4n) is 3.00. The quantitative estimate of drug-likeness (QED) is 0.356. The third-order valence-corrected chi connectivity index (χ3v) is 5.46. The summed E-state index contributed by atoms with van der Waals surface area (Å²) < 4.78 is 6.85. The number of carbonyl (C=O) groups is 1. The SMILES string of the molecule is C=C(C)c1ccc2c(=O)c3ccc(Cl)c(SC)c3n(CC(=O)OCC)c2n1. The van der Waals surface area contributed by atoms with Gasteiger partial charge in [0, 0.05) is 5.39 Å². The first kappa shape index (κ1) is 19.5. The highest BCUT2D eigenvalue weighted by Gasteiger charge is 2.19. The Morgan fingerprint density at radius 3 is 2.63 bits per heavy atom. The van der Waals surface area contributed by atoms with Gasteiger partial charge in [0.1, 0.15) is 12.2 Å². The zero-order chi connectivity index (χ0) is 19.7. The molecule has 0 fully saturated rings. The van der Waals surface area contributed by atoms with Crippen molar-refractivity contribution >= 4 is 56.8 Å². The van der Waals surface area contributed by atoms with Gasteiger partial charge < -0.3 is 9.30 Å². The lowest BCUT2D eigenvalue weighted by molar-refractivity contribution is -0.143. The molecule has 7 heteroatoms. The van der Waals surface area contributed by atoms with Crippen molar-refractivity contribution in [1.82, 2.24) is 9.55 Å². The number of fused-ring (bicyclic) bond motifs is 2. The van der Waals surface area contributed by atoms with E-state index in [2.05, 4.69) is 11.6 Å². The Morgan fingerprint density at radius 1 is 1.30 bits per heavy atom. The maximum absolute atomic E-state index is 13.1. The highest BCUT2D eigenvalue weighted by Crippen LogP contribution is 2.34. The first-order chi connectivity index (χ1) is 12.9. The van der Waals surface area contributed by atoms with Crippen molar-refractivity contribution in [2.45, 2.75) is 25.3 Å². The van der Waals surface area contributed by atoms with Crippen molar-refractivity contribution in [3.05, 3.63) is 51.8 Å². The van der Waals surface area contributed by atoms with E-state index >= 15 is 0 Å². The molecule has 0 aliphatic carbocycles. The molecule has 2 heterocycles. The van der Waals surface area contributed by atoms with Crippen molar-refractivity contribution < 1.29 is 9.53 Å². The van der Waals surface area contributed by atoms with Crippen LogP contribution in [-0.2, 0) is 16.1 Å². The molecule has 0 atom stereocenters. The van der Waals surface area contributed by atoms with E-state index in [9.17, 15) is 9.59 Å². The minimum atomic E-state index is -0.404. The normalized spacial score (nSPS) is 11.1. The standard InChI is InChI=1S/C20H19ClN2O3S/c1-5-26-16(24)10-23-17-12(6-8-14(21)19(17)27-4)18(25)13-7-9-15(11(2)3)22-20(13)23/h6-9H,2,5,10H2,1,3-4H3. The molecule has 0 amide bonds. The predicted molar refractivity (Wildman–Crippen MR) is 112 cm³/mol. The second-order valence-corrected chi connectivity index (χ2v) is 7.27. The molecule has 140 valence electrons. The van der Waals surface area contributed by atoms with Gasteiger partial charge >= 0.3 is 5.97 Å². The number of allylic oxidation sites excluding steroid dienone is 1. The van der Waals surface area contributed by atoms with Gasteiger partial charge in [-0.25, -0.2) is 4.98 Å². The van der Waals surface area contributed by atoms with Gasteiger partial charge in [0.05, 0.1) is 33.1 Å². The van der Waals surface area contributed by atoms with Crippen LogP contribution in [0.1, 0.15) is 19.5 Å². The maximum Gasteiger partial charge on any atom is 0.326 e. The molecule has 0 N–H and O–H groups in total. The number of esters is 1. The van der Waals surface area contributed by atoms with Crippen LogP contribution >= 0.6 is 23.4 Å². The van der Waals surface area contributed by atoms with Gasteiger partial charge in [0.15, 0.2) is 5.43 Å². The lowest BCUT2D eigenvalue weighted by atomic mass is 10.1. The minimum absolute atomic E-state index is 0.0678. The number of rotatable bonds is 5. The number of pyridine rings is 2. The molecule has 0 radical (unpaired) electrons. The van der Waals surface area contributed by atoms with Crippen molar-refractivity contribution in [1.29, 1.82) is 0 Å². The lowest BCUT2D eigenvalue weighted by Crippen LogP contribution is -2.19. The van der Waals surface area contributed by atoms with Gasteiger partial charge in [-0.3, -0.25) is 9.59 Å². The van der Waals surface area contributed by atoms with E-state index in [-0.39, 0.29) is 18.6 Å². The molecule has 27 heavy (non-hydrogen) atoms. The fourth-order valence-corrected chi connectivity index (χ4v) is 4.06. The number of ether oxygens (including phenoxy) is 1. The van der Waals surface area contributed by atoms with E-state index in [1.807, 2.05) is 13.2 Å². The zero-order valence-electron chi connectivity index (χ0n) is 15.3. The van der Waals surface area contributed by atoms with Crippen LogP contribution in [0, 0.1) is 0 Å². The van der Waals surface area contributed by atoms with Crippen molar-refractivity contribution in [3.63, 3.8) is 0 Å². The van der Waals surface area contributed by atoms with Crippen LogP contribution in [-0.4, -0.2) is 28.4 Å². The molecular weight excluding hydrogens is 384 g/mol. The third kappa shape index (κ3) is 3.47. The largest absolute Gasteiger partial charge is 0.465 e. The average molecular weight is 403 g/mol. The van der Waals surface area contributed by atoms with E-state index in [1.165, 1.54) is 11.8 Å². The number of halogens is 1. The van der Waals surface area contributed by atoms with E-state index in [0.717, 1.165) is 10.5 Å². The summed E-state index contributed by atoms with van der Waals surface area (Å²) in [6.45, 7) is 7.72. The summed E-state index contributed by atoms with van der Waals surface area (Å²) in [6, 6.07) is 6.88. The Hall–Kier alpha value is -2.31.